The third kappa shape index (κ3) is 3.14. The zero-order chi connectivity index (χ0) is 17.1. The van der Waals surface area contributed by atoms with E-state index in [1.54, 1.807) is 13.2 Å². The minimum Gasteiger partial charge on any atom is -0.504 e. The van der Waals surface area contributed by atoms with Crippen molar-refractivity contribution in [2.24, 2.45) is 0 Å². The number of hydrogen-bond donors (Lipinski definition) is 2. The lowest BCUT2D eigenvalue weighted by Gasteiger charge is -2.09. The van der Waals surface area contributed by atoms with Gasteiger partial charge in [0, 0.05) is 16.5 Å². The van der Waals surface area contributed by atoms with Gasteiger partial charge in [-0.3, -0.25) is 0 Å². The van der Waals surface area contributed by atoms with Gasteiger partial charge >= 0.3 is 0 Å². The number of phenols is 2. The first-order valence-electron chi connectivity index (χ1n) is 7.41. The highest BCUT2D eigenvalue weighted by atomic mass is 32.1. The van der Waals surface area contributed by atoms with E-state index in [9.17, 15) is 10.2 Å². The second-order valence-electron chi connectivity index (χ2n) is 5.04. The van der Waals surface area contributed by atoms with E-state index in [4.69, 9.17) is 9.47 Å². The van der Waals surface area contributed by atoms with Crippen LogP contribution in [0.15, 0.2) is 41.8 Å². The molecule has 0 bridgehead atoms. The van der Waals surface area contributed by atoms with Gasteiger partial charge in [0.1, 0.15) is 5.01 Å². The lowest BCUT2D eigenvalue weighted by molar-refractivity contribution is 0.311. The molecule has 6 heteroatoms. The predicted octanol–water partition coefficient (Wildman–Crippen LogP) is 4.30. The van der Waals surface area contributed by atoms with Crippen LogP contribution in [-0.2, 0) is 0 Å². The topological polar surface area (TPSA) is 71.8 Å². The van der Waals surface area contributed by atoms with Gasteiger partial charge in [-0.25, -0.2) is 4.98 Å². The van der Waals surface area contributed by atoms with E-state index in [2.05, 4.69) is 4.98 Å². The van der Waals surface area contributed by atoms with Crippen LogP contribution in [0.5, 0.6) is 23.0 Å². The SMILES string of the molecule is CCOc1ccc(-c2nc(-c3ccc(O)c(O)c3)cs2)cc1OC. The van der Waals surface area contributed by atoms with Crippen LogP contribution in [0.1, 0.15) is 6.92 Å². The van der Waals surface area contributed by atoms with Crippen molar-refractivity contribution in [2.75, 3.05) is 13.7 Å². The number of aromatic nitrogens is 1. The third-order valence-corrected chi connectivity index (χ3v) is 4.38. The van der Waals surface area contributed by atoms with Gasteiger partial charge in [-0.1, -0.05) is 0 Å². The largest absolute Gasteiger partial charge is 0.504 e. The van der Waals surface area contributed by atoms with Crippen molar-refractivity contribution in [1.82, 2.24) is 4.98 Å². The Morgan fingerprint density at radius 2 is 1.79 bits per heavy atom. The van der Waals surface area contributed by atoms with Gasteiger partial charge in [0.25, 0.3) is 0 Å². The number of thiazole rings is 1. The van der Waals surface area contributed by atoms with E-state index < -0.39 is 0 Å². The Morgan fingerprint density at radius 3 is 2.50 bits per heavy atom. The number of methoxy groups -OCH3 is 1. The zero-order valence-corrected chi connectivity index (χ0v) is 14.1. The summed E-state index contributed by atoms with van der Waals surface area (Å²) < 4.78 is 10.9. The van der Waals surface area contributed by atoms with Crippen molar-refractivity contribution < 1.29 is 19.7 Å². The normalized spacial score (nSPS) is 10.6. The highest BCUT2D eigenvalue weighted by Gasteiger charge is 2.12. The molecule has 0 aliphatic heterocycles. The van der Waals surface area contributed by atoms with E-state index in [-0.39, 0.29) is 11.5 Å². The Hall–Kier alpha value is -2.73. The first kappa shape index (κ1) is 16.1. The summed E-state index contributed by atoms with van der Waals surface area (Å²) in [7, 11) is 1.61. The molecule has 0 radical (unpaired) electrons. The summed E-state index contributed by atoms with van der Waals surface area (Å²) in [6.45, 7) is 2.50. The van der Waals surface area contributed by atoms with Crippen LogP contribution in [0.2, 0.25) is 0 Å². The summed E-state index contributed by atoms with van der Waals surface area (Å²) in [5.41, 5.74) is 2.40. The molecule has 0 aliphatic carbocycles. The molecule has 5 nitrogen and oxygen atoms in total. The average Bonchev–Trinajstić information content (AvgIpc) is 3.08. The Bertz CT molecular complexity index is 860. The van der Waals surface area contributed by atoms with E-state index in [0.717, 1.165) is 21.8 Å². The molecule has 0 saturated heterocycles. The minimum absolute atomic E-state index is 0.148. The van der Waals surface area contributed by atoms with Crippen LogP contribution in [0.3, 0.4) is 0 Å². The van der Waals surface area contributed by atoms with Crippen LogP contribution >= 0.6 is 11.3 Å². The monoisotopic (exact) mass is 343 g/mol. The van der Waals surface area contributed by atoms with Gasteiger partial charge in [-0.2, -0.15) is 0 Å². The van der Waals surface area contributed by atoms with E-state index in [0.29, 0.717) is 18.1 Å². The molecular weight excluding hydrogens is 326 g/mol. The summed E-state index contributed by atoms with van der Waals surface area (Å²) >= 11 is 1.49. The molecule has 0 spiro atoms. The van der Waals surface area contributed by atoms with Crippen LogP contribution in [0, 0.1) is 0 Å². The molecule has 2 aromatic carbocycles. The molecule has 3 rings (SSSR count). The third-order valence-electron chi connectivity index (χ3n) is 3.49. The molecule has 0 fully saturated rings. The molecule has 0 saturated carbocycles. The average molecular weight is 343 g/mol. The lowest BCUT2D eigenvalue weighted by atomic mass is 10.1. The molecule has 0 atom stereocenters. The number of hydrogen-bond acceptors (Lipinski definition) is 6. The van der Waals surface area contributed by atoms with Gasteiger partial charge in [-0.15, -0.1) is 11.3 Å². The first-order valence-corrected chi connectivity index (χ1v) is 8.29. The van der Waals surface area contributed by atoms with Gasteiger partial charge < -0.3 is 19.7 Å². The van der Waals surface area contributed by atoms with E-state index in [1.165, 1.54) is 23.5 Å². The molecule has 0 aliphatic rings. The summed E-state index contributed by atoms with van der Waals surface area (Å²) in [4.78, 5) is 4.60. The fourth-order valence-corrected chi connectivity index (χ4v) is 3.12. The molecule has 24 heavy (non-hydrogen) atoms. The van der Waals surface area contributed by atoms with Crippen LogP contribution in [-0.4, -0.2) is 28.9 Å². The van der Waals surface area contributed by atoms with Gasteiger partial charge in [0.2, 0.25) is 0 Å². The van der Waals surface area contributed by atoms with Gasteiger partial charge in [-0.05, 0) is 43.3 Å². The molecule has 0 amide bonds. The Kier molecular flexibility index (Phi) is 4.57. The van der Waals surface area contributed by atoms with Gasteiger partial charge in [0.15, 0.2) is 23.0 Å². The van der Waals surface area contributed by atoms with Crippen LogP contribution in [0.4, 0.5) is 0 Å². The van der Waals surface area contributed by atoms with Crippen molar-refractivity contribution in [3.63, 3.8) is 0 Å². The molecule has 2 N–H and O–H groups in total. The number of ether oxygens (including phenoxy) is 2. The Labute approximate surface area is 143 Å². The summed E-state index contributed by atoms with van der Waals surface area (Å²) in [6.07, 6.45) is 0. The summed E-state index contributed by atoms with van der Waals surface area (Å²) in [5, 5.41) is 21.8. The maximum Gasteiger partial charge on any atom is 0.161 e. The fourth-order valence-electron chi connectivity index (χ4n) is 2.30. The van der Waals surface area contributed by atoms with Crippen molar-refractivity contribution in [1.29, 1.82) is 0 Å². The van der Waals surface area contributed by atoms with Crippen LogP contribution in [0.25, 0.3) is 21.8 Å². The molecular formula is C18H17NO4S. The number of nitrogens with zero attached hydrogens (tertiary/aromatic N) is 1. The highest BCUT2D eigenvalue weighted by Crippen LogP contribution is 2.36. The zero-order valence-electron chi connectivity index (χ0n) is 13.3. The van der Waals surface area contributed by atoms with Crippen molar-refractivity contribution >= 4 is 11.3 Å². The molecule has 1 aromatic heterocycles. The second-order valence-corrected chi connectivity index (χ2v) is 5.90. The van der Waals surface area contributed by atoms with Crippen molar-refractivity contribution in [2.45, 2.75) is 6.92 Å². The lowest BCUT2D eigenvalue weighted by Crippen LogP contribution is -1.95. The van der Waals surface area contributed by atoms with Gasteiger partial charge in [0.05, 0.1) is 19.4 Å². The van der Waals surface area contributed by atoms with E-state index in [1.807, 2.05) is 30.5 Å². The highest BCUT2D eigenvalue weighted by molar-refractivity contribution is 7.13. The first-order chi connectivity index (χ1) is 11.6. The van der Waals surface area contributed by atoms with Crippen molar-refractivity contribution in [3.8, 4) is 44.8 Å². The molecule has 1 heterocycles. The second kappa shape index (κ2) is 6.80. The molecule has 0 unspecified atom stereocenters. The number of phenolic OH excluding ortho intramolecular Hbond substituents is 2. The summed E-state index contributed by atoms with van der Waals surface area (Å²) in [5.74, 6) is 1.05. The Balaban J connectivity index is 1.94. The predicted molar refractivity (Wildman–Crippen MR) is 94.0 cm³/mol. The maximum atomic E-state index is 9.63. The molecule has 3 aromatic rings. The maximum absolute atomic E-state index is 9.63. The van der Waals surface area contributed by atoms with E-state index >= 15 is 0 Å². The smallest absolute Gasteiger partial charge is 0.161 e. The Morgan fingerprint density at radius 1 is 1.00 bits per heavy atom. The quantitative estimate of drug-likeness (QED) is 0.676. The standard InChI is InChI=1S/C18H17NO4S/c1-3-23-16-7-5-12(9-17(16)22-2)18-19-13(10-24-18)11-4-6-14(20)15(21)8-11/h4-10,20-21H,3H2,1-2H3. The number of rotatable bonds is 5. The number of aromatic hydroxyl groups is 2. The number of benzene rings is 2. The van der Waals surface area contributed by atoms with Crippen LogP contribution < -0.4 is 9.47 Å². The fraction of sp³-hybridized carbons (Fsp3) is 0.167. The minimum atomic E-state index is -0.162. The van der Waals surface area contributed by atoms with Crippen molar-refractivity contribution in [3.05, 3.63) is 41.8 Å². The molecule has 124 valence electrons. The summed E-state index contributed by atoms with van der Waals surface area (Å²) in [6, 6.07) is 10.3.